The van der Waals surface area contributed by atoms with E-state index in [4.69, 9.17) is 0 Å². The molecular weight excluding hydrogens is 262 g/mol. The lowest BCUT2D eigenvalue weighted by Gasteiger charge is -2.32. The van der Waals surface area contributed by atoms with Crippen LogP contribution in [0.2, 0.25) is 0 Å². The van der Waals surface area contributed by atoms with Crippen LogP contribution in [0.1, 0.15) is 36.0 Å². The van der Waals surface area contributed by atoms with Crippen molar-refractivity contribution in [3.8, 4) is 0 Å². The number of carbonyl (C=O) groups excluding carboxylic acids is 1. The van der Waals surface area contributed by atoms with E-state index in [1.54, 1.807) is 0 Å². The normalized spacial score (nSPS) is 20.2. The molecule has 2 N–H and O–H groups in total. The molecule has 1 fully saturated rings. The molecule has 1 aliphatic rings. The van der Waals surface area contributed by atoms with Gasteiger partial charge in [0.25, 0.3) is 5.91 Å². The maximum Gasteiger partial charge on any atom is 0.282 e. The van der Waals surface area contributed by atoms with Crippen LogP contribution < -0.4 is 10.6 Å². The van der Waals surface area contributed by atoms with E-state index in [2.05, 4.69) is 32.8 Å². The van der Waals surface area contributed by atoms with Crippen molar-refractivity contribution in [3.63, 3.8) is 0 Å². The zero-order chi connectivity index (χ0) is 13.7. The van der Waals surface area contributed by atoms with Crippen LogP contribution in [0.15, 0.2) is 0 Å². The summed E-state index contributed by atoms with van der Waals surface area (Å²) >= 11 is 1.29. The van der Waals surface area contributed by atoms with Crippen molar-refractivity contribution >= 4 is 22.4 Å². The van der Waals surface area contributed by atoms with Crippen LogP contribution in [0, 0.1) is 0 Å². The smallest absolute Gasteiger partial charge is 0.282 e. The molecule has 0 saturated carbocycles. The molecular formula is C12H21N5OS. The Morgan fingerprint density at radius 3 is 3.05 bits per heavy atom. The van der Waals surface area contributed by atoms with E-state index in [1.165, 1.54) is 24.2 Å². The van der Waals surface area contributed by atoms with Crippen molar-refractivity contribution in [2.45, 2.75) is 32.2 Å². The monoisotopic (exact) mass is 283 g/mol. The van der Waals surface area contributed by atoms with Gasteiger partial charge in [0.1, 0.15) is 0 Å². The lowest BCUT2D eigenvalue weighted by atomic mass is 10.0. The summed E-state index contributed by atoms with van der Waals surface area (Å²) in [4.78, 5) is 14.3. The van der Waals surface area contributed by atoms with Gasteiger partial charge in [0, 0.05) is 19.1 Å². The average Bonchev–Trinajstić information content (AvgIpc) is 2.87. The Morgan fingerprint density at radius 1 is 1.47 bits per heavy atom. The number of amides is 1. The van der Waals surface area contributed by atoms with Gasteiger partial charge in [-0.3, -0.25) is 4.79 Å². The number of nitrogens with one attached hydrogen (secondary N) is 2. The summed E-state index contributed by atoms with van der Waals surface area (Å²) in [7, 11) is 2.12. The third-order valence-corrected chi connectivity index (χ3v) is 4.25. The SMILES string of the molecule is CCNc1nnc(C(=O)NCC2CCCCN2C)s1. The highest BCUT2D eigenvalue weighted by atomic mass is 32.1. The Balaban J connectivity index is 1.82. The van der Waals surface area contributed by atoms with Crippen molar-refractivity contribution in [1.82, 2.24) is 20.4 Å². The van der Waals surface area contributed by atoms with E-state index < -0.39 is 0 Å². The molecule has 1 unspecified atom stereocenters. The Kier molecular flexibility index (Phi) is 5.09. The molecule has 1 aromatic rings. The van der Waals surface area contributed by atoms with Gasteiger partial charge in [-0.1, -0.05) is 17.8 Å². The van der Waals surface area contributed by atoms with E-state index in [9.17, 15) is 4.79 Å². The van der Waals surface area contributed by atoms with Gasteiger partial charge in [0.2, 0.25) is 10.1 Å². The third-order valence-electron chi connectivity index (χ3n) is 3.37. The molecule has 0 radical (unpaired) electrons. The number of anilines is 1. The van der Waals surface area contributed by atoms with Gasteiger partial charge in [0.15, 0.2) is 0 Å². The van der Waals surface area contributed by atoms with E-state index in [-0.39, 0.29) is 5.91 Å². The molecule has 6 nitrogen and oxygen atoms in total. The highest BCUT2D eigenvalue weighted by molar-refractivity contribution is 7.17. The summed E-state index contributed by atoms with van der Waals surface area (Å²) in [6, 6.07) is 0.443. The topological polar surface area (TPSA) is 70.1 Å². The van der Waals surface area contributed by atoms with E-state index in [0.29, 0.717) is 22.7 Å². The van der Waals surface area contributed by atoms with Crippen molar-refractivity contribution in [2.75, 3.05) is 32.0 Å². The van der Waals surface area contributed by atoms with E-state index in [0.717, 1.165) is 19.5 Å². The van der Waals surface area contributed by atoms with Crippen LogP contribution in [0.5, 0.6) is 0 Å². The Bertz CT molecular complexity index is 422. The standard InChI is InChI=1S/C12H21N5OS/c1-3-13-12-16-15-11(19-12)10(18)14-8-9-6-4-5-7-17(9)2/h9H,3-8H2,1-2H3,(H,13,16)(H,14,18). The molecule has 0 aliphatic carbocycles. The van der Waals surface area contributed by atoms with Gasteiger partial charge in [0.05, 0.1) is 0 Å². The van der Waals surface area contributed by atoms with Crippen LogP contribution in [-0.4, -0.2) is 53.7 Å². The average molecular weight is 283 g/mol. The molecule has 0 spiro atoms. The molecule has 0 bridgehead atoms. The van der Waals surface area contributed by atoms with Crippen molar-refractivity contribution in [2.24, 2.45) is 0 Å². The zero-order valence-corrected chi connectivity index (χ0v) is 12.3. The van der Waals surface area contributed by atoms with Crippen LogP contribution in [0.4, 0.5) is 5.13 Å². The minimum atomic E-state index is -0.124. The molecule has 1 aliphatic heterocycles. The summed E-state index contributed by atoms with van der Waals surface area (Å²) in [6.07, 6.45) is 3.65. The highest BCUT2D eigenvalue weighted by Gasteiger charge is 2.20. The number of rotatable bonds is 5. The second kappa shape index (κ2) is 6.81. The summed E-state index contributed by atoms with van der Waals surface area (Å²) in [5.41, 5.74) is 0. The summed E-state index contributed by atoms with van der Waals surface area (Å²) in [5.74, 6) is -0.124. The van der Waals surface area contributed by atoms with Crippen LogP contribution in [0.25, 0.3) is 0 Å². The number of carbonyl (C=O) groups is 1. The first kappa shape index (κ1) is 14.2. The van der Waals surface area contributed by atoms with E-state index >= 15 is 0 Å². The second-order valence-corrected chi connectivity index (χ2v) is 5.76. The number of likely N-dealkylation sites (tertiary alicyclic amines) is 1. The fraction of sp³-hybridized carbons (Fsp3) is 0.750. The number of hydrogen-bond acceptors (Lipinski definition) is 6. The molecule has 2 heterocycles. The molecule has 7 heteroatoms. The van der Waals surface area contributed by atoms with Crippen molar-refractivity contribution in [3.05, 3.63) is 5.01 Å². The number of aromatic nitrogens is 2. The minimum Gasteiger partial charge on any atom is -0.360 e. The predicted molar refractivity (Wildman–Crippen MR) is 76.7 cm³/mol. The number of likely N-dealkylation sites (N-methyl/N-ethyl adjacent to an activating group) is 1. The fourth-order valence-corrected chi connectivity index (χ4v) is 2.95. The lowest BCUT2D eigenvalue weighted by Crippen LogP contribution is -2.44. The van der Waals surface area contributed by atoms with Crippen LogP contribution in [-0.2, 0) is 0 Å². The molecule has 1 saturated heterocycles. The molecule has 2 rings (SSSR count). The van der Waals surface area contributed by atoms with Gasteiger partial charge < -0.3 is 15.5 Å². The summed E-state index contributed by atoms with van der Waals surface area (Å²) < 4.78 is 0. The highest BCUT2D eigenvalue weighted by Crippen LogP contribution is 2.16. The van der Waals surface area contributed by atoms with Gasteiger partial charge >= 0.3 is 0 Å². The quantitative estimate of drug-likeness (QED) is 0.849. The Morgan fingerprint density at radius 2 is 2.32 bits per heavy atom. The molecule has 1 atom stereocenters. The Hall–Kier alpha value is -1.21. The predicted octanol–water partition coefficient (Wildman–Crippen LogP) is 1.18. The maximum absolute atomic E-state index is 12.0. The fourth-order valence-electron chi connectivity index (χ4n) is 2.23. The number of piperidine rings is 1. The third kappa shape index (κ3) is 3.87. The molecule has 1 amide bonds. The molecule has 106 valence electrons. The largest absolute Gasteiger partial charge is 0.360 e. The van der Waals surface area contributed by atoms with Crippen LogP contribution in [0.3, 0.4) is 0 Å². The van der Waals surface area contributed by atoms with Gasteiger partial charge in [-0.15, -0.1) is 10.2 Å². The minimum absolute atomic E-state index is 0.124. The molecule has 1 aromatic heterocycles. The number of nitrogens with zero attached hydrogens (tertiary/aromatic N) is 3. The maximum atomic E-state index is 12.0. The first-order valence-corrected chi connectivity index (χ1v) is 7.58. The van der Waals surface area contributed by atoms with Gasteiger partial charge in [-0.2, -0.15) is 0 Å². The first-order valence-electron chi connectivity index (χ1n) is 6.76. The lowest BCUT2D eigenvalue weighted by molar-refractivity contribution is 0.0927. The van der Waals surface area contributed by atoms with E-state index in [1.807, 2.05) is 6.92 Å². The zero-order valence-electron chi connectivity index (χ0n) is 11.5. The van der Waals surface area contributed by atoms with Gasteiger partial charge in [-0.25, -0.2) is 0 Å². The van der Waals surface area contributed by atoms with Crippen molar-refractivity contribution < 1.29 is 4.79 Å². The first-order chi connectivity index (χ1) is 9.20. The van der Waals surface area contributed by atoms with Crippen LogP contribution >= 0.6 is 11.3 Å². The molecule has 19 heavy (non-hydrogen) atoms. The summed E-state index contributed by atoms with van der Waals surface area (Å²) in [6.45, 7) is 4.57. The number of hydrogen-bond donors (Lipinski definition) is 2. The summed E-state index contributed by atoms with van der Waals surface area (Å²) in [5, 5.41) is 14.9. The second-order valence-electron chi connectivity index (χ2n) is 4.78. The molecule has 0 aromatic carbocycles. The van der Waals surface area contributed by atoms with Crippen molar-refractivity contribution in [1.29, 1.82) is 0 Å². The Labute approximate surface area is 117 Å². The van der Waals surface area contributed by atoms with Gasteiger partial charge in [-0.05, 0) is 33.4 Å².